The summed E-state index contributed by atoms with van der Waals surface area (Å²) in [6.45, 7) is 4.17. The van der Waals surface area contributed by atoms with Crippen LogP contribution in [0.5, 0.6) is 11.5 Å². The number of hydrogen-bond donors (Lipinski definition) is 0. The molecule has 2 aromatic carbocycles. The van der Waals surface area contributed by atoms with Crippen molar-refractivity contribution in [2.75, 3.05) is 6.26 Å². The summed E-state index contributed by atoms with van der Waals surface area (Å²) in [7, 11) is -3.23. The largest absolute Gasteiger partial charge is 0.457 e. The first-order valence-electron chi connectivity index (χ1n) is 6.36. The van der Waals surface area contributed by atoms with Gasteiger partial charge < -0.3 is 4.74 Å². The first-order chi connectivity index (χ1) is 9.36. The molecule has 0 fully saturated rings. The highest BCUT2D eigenvalue weighted by atomic mass is 32.2. The number of benzene rings is 2. The molecule has 0 saturated carbocycles. The van der Waals surface area contributed by atoms with E-state index in [9.17, 15) is 8.42 Å². The molecule has 105 valence electrons. The average Bonchev–Trinajstić information content (AvgIpc) is 2.38. The summed E-state index contributed by atoms with van der Waals surface area (Å²) in [4.78, 5) is 0.245. The molecule has 4 heteroatoms. The Kier molecular flexibility index (Phi) is 4.14. The molecule has 2 rings (SSSR count). The fraction of sp³-hybridized carbons (Fsp3) is 0.250. The predicted octanol–water partition coefficient (Wildman–Crippen LogP) is 3.81. The highest BCUT2D eigenvalue weighted by molar-refractivity contribution is 7.90. The van der Waals surface area contributed by atoms with Gasteiger partial charge in [0.25, 0.3) is 0 Å². The van der Waals surface area contributed by atoms with Crippen LogP contribution in [-0.4, -0.2) is 14.7 Å². The smallest absolute Gasteiger partial charge is 0.175 e. The lowest BCUT2D eigenvalue weighted by Crippen LogP contribution is -1.97. The minimum Gasteiger partial charge on any atom is -0.457 e. The van der Waals surface area contributed by atoms with Crippen molar-refractivity contribution >= 4 is 9.84 Å². The maximum Gasteiger partial charge on any atom is 0.175 e. The number of rotatable bonds is 4. The van der Waals surface area contributed by atoms with Crippen LogP contribution in [0, 0.1) is 6.07 Å². The number of sulfone groups is 1. The second kappa shape index (κ2) is 5.67. The van der Waals surface area contributed by atoms with Crippen LogP contribution < -0.4 is 4.74 Å². The summed E-state index contributed by atoms with van der Waals surface area (Å²) in [6.07, 6.45) is 1.18. The summed E-state index contributed by atoms with van der Waals surface area (Å²) in [5.41, 5.74) is 1.06. The SMILES string of the molecule is CC(C)c1[c]c(Oc2cccc(S(C)(=O)=O)c2)ccc1. The molecule has 0 bridgehead atoms. The summed E-state index contributed by atoms with van der Waals surface area (Å²) in [6, 6.07) is 15.3. The van der Waals surface area contributed by atoms with Crippen LogP contribution in [0.3, 0.4) is 0 Å². The highest BCUT2D eigenvalue weighted by Gasteiger charge is 2.09. The third kappa shape index (κ3) is 3.61. The first kappa shape index (κ1) is 14.6. The van der Waals surface area contributed by atoms with Crippen LogP contribution in [0.2, 0.25) is 0 Å². The second-order valence-electron chi connectivity index (χ2n) is 4.97. The summed E-state index contributed by atoms with van der Waals surface area (Å²) >= 11 is 0. The monoisotopic (exact) mass is 289 g/mol. The van der Waals surface area contributed by atoms with Crippen molar-refractivity contribution in [1.29, 1.82) is 0 Å². The molecule has 0 aliphatic carbocycles. The molecule has 0 aromatic heterocycles. The van der Waals surface area contributed by atoms with E-state index in [-0.39, 0.29) is 4.90 Å². The van der Waals surface area contributed by atoms with Crippen molar-refractivity contribution < 1.29 is 13.2 Å². The molecule has 20 heavy (non-hydrogen) atoms. The molecule has 0 saturated heterocycles. The Labute approximate surface area is 120 Å². The average molecular weight is 289 g/mol. The third-order valence-electron chi connectivity index (χ3n) is 2.87. The molecular formula is C16H17O3S. The molecule has 0 N–H and O–H groups in total. The van der Waals surface area contributed by atoms with Crippen LogP contribution in [-0.2, 0) is 9.84 Å². The van der Waals surface area contributed by atoms with E-state index in [0.717, 1.165) is 5.56 Å². The van der Waals surface area contributed by atoms with Gasteiger partial charge in [-0.25, -0.2) is 8.42 Å². The zero-order valence-corrected chi connectivity index (χ0v) is 12.6. The first-order valence-corrected chi connectivity index (χ1v) is 8.25. The second-order valence-corrected chi connectivity index (χ2v) is 6.99. The Bertz CT molecular complexity index is 703. The molecule has 0 heterocycles. The molecule has 3 nitrogen and oxygen atoms in total. The normalized spacial score (nSPS) is 11.6. The molecule has 0 spiro atoms. The Morgan fingerprint density at radius 3 is 2.45 bits per heavy atom. The molecule has 0 unspecified atom stereocenters. The van der Waals surface area contributed by atoms with Crippen molar-refractivity contribution in [2.24, 2.45) is 0 Å². The molecule has 0 aliphatic rings. The van der Waals surface area contributed by atoms with Gasteiger partial charge in [0.1, 0.15) is 11.5 Å². The van der Waals surface area contributed by atoms with Gasteiger partial charge in [-0.2, -0.15) is 0 Å². The molecule has 0 aliphatic heterocycles. The van der Waals surface area contributed by atoms with E-state index in [0.29, 0.717) is 17.4 Å². The quantitative estimate of drug-likeness (QED) is 0.859. The van der Waals surface area contributed by atoms with Crippen molar-refractivity contribution in [3.05, 3.63) is 54.1 Å². The fourth-order valence-electron chi connectivity index (χ4n) is 1.76. The van der Waals surface area contributed by atoms with Crippen molar-refractivity contribution in [3.8, 4) is 11.5 Å². The lowest BCUT2D eigenvalue weighted by atomic mass is 10.0. The minimum atomic E-state index is -3.23. The van der Waals surface area contributed by atoms with Crippen molar-refractivity contribution in [1.82, 2.24) is 0 Å². The van der Waals surface area contributed by atoms with Gasteiger partial charge in [-0.1, -0.05) is 32.0 Å². The zero-order valence-electron chi connectivity index (χ0n) is 11.8. The predicted molar refractivity (Wildman–Crippen MR) is 79.0 cm³/mol. The molecule has 1 radical (unpaired) electrons. The van der Waals surface area contributed by atoms with Crippen LogP contribution in [0.15, 0.2) is 47.4 Å². The zero-order chi connectivity index (χ0) is 14.8. The van der Waals surface area contributed by atoms with Gasteiger partial charge in [0.15, 0.2) is 9.84 Å². The standard InChI is InChI=1S/C16H17O3S/c1-12(2)13-6-4-7-14(10-13)19-15-8-5-9-16(11-15)20(3,17)18/h4-9,11-12H,1-3H3. The third-order valence-corrected chi connectivity index (χ3v) is 3.98. The van der Waals surface area contributed by atoms with Gasteiger partial charge in [-0.15, -0.1) is 0 Å². The van der Waals surface area contributed by atoms with E-state index >= 15 is 0 Å². The lowest BCUT2D eigenvalue weighted by Gasteiger charge is -2.09. The Morgan fingerprint density at radius 2 is 1.80 bits per heavy atom. The van der Waals surface area contributed by atoms with Gasteiger partial charge in [0, 0.05) is 12.3 Å². The number of hydrogen-bond acceptors (Lipinski definition) is 3. The van der Waals surface area contributed by atoms with E-state index in [1.807, 2.05) is 12.1 Å². The summed E-state index contributed by atoms with van der Waals surface area (Å²) < 4.78 is 28.7. The van der Waals surface area contributed by atoms with Crippen LogP contribution in [0.1, 0.15) is 25.3 Å². The molecular weight excluding hydrogens is 272 g/mol. The van der Waals surface area contributed by atoms with E-state index in [2.05, 4.69) is 19.9 Å². The van der Waals surface area contributed by atoms with Gasteiger partial charge in [0.2, 0.25) is 0 Å². The van der Waals surface area contributed by atoms with Gasteiger partial charge in [0.05, 0.1) is 4.90 Å². The Balaban J connectivity index is 2.29. The Morgan fingerprint density at radius 1 is 1.10 bits per heavy atom. The number of ether oxygens (including phenoxy) is 1. The van der Waals surface area contributed by atoms with E-state index in [4.69, 9.17) is 4.74 Å². The van der Waals surface area contributed by atoms with Crippen LogP contribution >= 0.6 is 0 Å². The summed E-state index contributed by atoms with van der Waals surface area (Å²) in [5, 5.41) is 0. The highest BCUT2D eigenvalue weighted by Crippen LogP contribution is 2.26. The molecule has 0 amide bonds. The van der Waals surface area contributed by atoms with Crippen LogP contribution in [0.4, 0.5) is 0 Å². The lowest BCUT2D eigenvalue weighted by molar-refractivity contribution is 0.478. The van der Waals surface area contributed by atoms with Crippen molar-refractivity contribution in [3.63, 3.8) is 0 Å². The van der Waals surface area contributed by atoms with E-state index in [1.165, 1.54) is 12.3 Å². The fourth-order valence-corrected chi connectivity index (χ4v) is 2.41. The van der Waals surface area contributed by atoms with Gasteiger partial charge >= 0.3 is 0 Å². The van der Waals surface area contributed by atoms with Gasteiger partial charge in [-0.05, 0) is 35.7 Å². The van der Waals surface area contributed by atoms with Crippen molar-refractivity contribution in [2.45, 2.75) is 24.7 Å². The molecule has 0 atom stereocenters. The van der Waals surface area contributed by atoms with E-state index in [1.54, 1.807) is 24.3 Å². The van der Waals surface area contributed by atoms with Crippen LogP contribution in [0.25, 0.3) is 0 Å². The maximum absolute atomic E-state index is 11.5. The maximum atomic E-state index is 11.5. The summed E-state index contributed by atoms with van der Waals surface area (Å²) in [5.74, 6) is 1.44. The minimum absolute atomic E-state index is 0.245. The molecule has 2 aromatic rings. The van der Waals surface area contributed by atoms with E-state index < -0.39 is 9.84 Å². The topological polar surface area (TPSA) is 43.4 Å². The Hall–Kier alpha value is -1.81. The van der Waals surface area contributed by atoms with Gasteiger partial charge in [-0.3, -0.25) is 0 Å².